The minimum atomic E-state index is -0.0886. The molecular weight excluding hydrogens is 365 g/mol. The third-order valence-corrected chi connectivity index (χ3v) is 3.73. The van der Waals surface area contributed by atoms with Crippen LogP contribution < -0.4 is 14.9 Å². The van der Waals surface area contributed by atoms with Crippen molar-refractivity contribution in [1.82, 2.24) is 4.98 Å². The zero-order chi connectivity index (χ0) is 17.0. The number of benzene rings is 1. The lowest BCUT2D eigenvalue weighted by molar-refractivity contribution is 0.340. The molecule has 0 radical (unpaired) electrons. The average Bonchev–Trinajstić information content (AvgIpc) is 2.53. The molecule has 0 atom stereocenters. The van der Waals surface area contributed by atoms with Crippen molar-refractivity contribution >= 4 is 46.8 Å². The van der Waals surface area contributed by atoms with Gasteiger partial charge in [-0.25, -0.2) is 4.98 Å². The van der Waals surface area contributed by atoms with E-state index >= 15 is 0 Å². The summed E-state index contributed by atoms with van der Waals surface area (Å²) in [6.07, 6.45) is 1.48. The number of halogens is 3. The molecular formula is C14H12Cl3N3O3. The summed E-state index contributed by atoms with van der Waals surface area (Å²) in [6.45, 7) is 0. The van der Waals surface area contributed by atoms with E-state index in [1.165, 1.54) is 26.5 Å². The molecule has 0 bridgehead atoms. The Labute approximate surface area is 147 Å². The Morgan fingerprint density at radius 1 is 1.09 bits per heavy atom. The molecule has 0 saturated heterocycles. The number of methoxy groups -OCH3 is 2. The van der Waals surface area contributed by atoms with Crippen LogP contribution in [0.4, 0.5) is 5.82 Å². The third kappa shape index (κ3) is 4.10. The normalized spacial score (nSPS) is 10.8. The maximum atomic E-state index is 9.84. The van der Waals surface area contributed by atoms with Crippen LogP contribution >= 0.6 is 34.8 Å². The molecule has 0 aliphatic rings. The Balaban J connectivity index is 2.22. The quantitative estimate of drug-likeness (QED) is 0.464. The molecule has 0 amide bonds. The number of nitrogens with zero attached hydrogens (tertiary/aromatic N) is 2. The van der Waals surface area contributed by atoms with Crippen molar-refractivity contribution in [3.63, 3.8) is 0 Å². The molecule has 0 saturated carbocycles. The number of ether oxygens (including phenoxy) is 2. The molecule has 0 aliphatic carbocycles. The molecule has 0 spiro atoms. The monoisotopic (exact) mass is 375 g/mol. The fraction of sp³-hybridized carbons (Fsp3) is 0.143. The van der Waals surface area contributed by atoms with Crippen molar-refractivity contribution in [3.8, 4) is 17.2 Å². The van der Waals surface area contributed by atoms with E-state index in [4.69, 9.17) is 44.3 Å². The lowest BCUT2D eigenvalue weighted by atomic mass is 10.2. The molecule has 9 heteroatoms. The highest BCUT2D eigenvalue weighted by Gasteiger charge is 2.10. The Hall–Kier alpha value is -1.89. The number of aromatic nitrogens is 1. The van der Waals surface area contributed by atoms with Crippen LogP contribution in [0, 0.1) is 0 Å². The zero-order valence-electron chi connectivity index (χ0n) is 12.1. The fourth-order valence-corrected chi connectivity index (χ4v) is 2.22. The second-order valence-corrected chi connectivity index (χ2v) is 5.41. The maximum absolute atomic E-state index is 9.84. The number of hydrazone groups is 1. The van der Waals surface area contributed by atoms with Gasteiger partial charge in [-0.2, -0.15) is 5.10 Å². The number of hydrogen-bond acceptors (Lipinski definition) is 6. The highest BCUT2D eigenvalue weighted by atomic mass is 35.5. The molecule has 0 unspecified atom stereocenters. The number of hydrogen-bond donors (Lipinski definition) is 2. The fourth-order valence-electron chi connectivity index (χ4n) is 1.68. The summed E-state index contributed by atoms with van der Waals surface area (Å²) in [5.41, 5.74) is 3.28. The summed E-state index contributed by atoms with van der Waals surface area (Å²) in [4.78, 5) is 3.97. The Bertz CT molecular complexity index is 729. The van der Waals surface area contributed by atoms with Gasteiger partial charge < -0.3 is 14.6 Å². The van der Waals surface area contributed by atoms with E-state index in [0.29, 0.717) is 5.56 Å². The predicted molar refractivity (Wildman–Crippen MR) is 91.7 cm³/mol. The predicted octanol–water partition coefficient (Wildman–Crippen LogP) is 4.21. The van der Waals surface area contributed by atoms with Gasteiger partial charge in [0.15, 0.2) is 17.3 Å². The summed E-state index contributed by atoms with van der Waals surface area (Å²) < 4.78 is 10.1. The van der Waals surface area contributed by atoms with Crippen LogP contribution in [0.5, 0.6) is 17.2 Å². The second kappa shape index (κ2) is 7.59. The Kier molecular flexibility index (Phi) is 5.76. The lowest BCUT2D eigenvalue weighted by Crippen LogP contribution is -1.96. The van der Waals surface area contributed by atoms with Gasteiger partial charge in [-0.1, -0.05) is 34.8 Å². The van der Waals surface area contributed by atoms with Crippen LogP contribution in [-0.2, 0) is 0 Å². The highest BCUT2D eigenvalue weighted by Crippen LogP contribution is 2.36. The molecule has 23 heavy (non-hydrogen) atoms. The van der Waals surface area contributed by atoms with Crippen LogP contribution in [0.25, 0.3) is 0 Å². The first-order valence-electron chi connectivity index (χ1n) is 6.22. The smallest absolute Gasteiger partial charge is 0.200 e. The maximum Gasteiger partial charge on any atom is 0.200 e. The van der Waals surface area contributed by atoms with Gasteiger partial charge in [0.1, 0.15) is 5.15 Å². The first-order valence-corrected chi connectivity index (χ1v) is 7.35. The molecule has 2 rings (SSSR count). The molecule has 0 fully saturated rings. The van der Waals surface area contributed by atoms with E-state index in [1.807, 2.05) is 0 Å². The third-order valence-electron chi connectivity index (χ3n) is 2.77. The molecule has 122 valence electrons. The number of nitrogens with one attached hydrogen (secondary N) is 1. The van der Waals surface area contributed by atoms with Crippen LogP contribution in [0.3, 0.4) is 0 Å². The van der Waals surface area contributed by atoms with Gasteiger partial charge in [0.25, 0.3) is 0 Å². The number of phenols is 1. The largest absolute Gasteiger partial charge is 0.502 e. The van der Waals surface area contributed by atoms with E-state index in [9.17, 15) is 5.11 Å². The van der Waals surface area contributed by atoms with E-state index in [-0.39, 0.29) is 38.3 Å². The minimum absolute atomic E-state index is 0.0886. The van der Waals surface area contributed by atoms with E-state index in [0.717, 1.165) is 0 Å². The van der Waals surface area contributed by atoms with Gasteiger partial charge in [0, 0.05) is 5.56 Å². The van der Waals surface area contributed by atoms with E-state index < -0.39 is 0 Å². The molecule has 1 heterocycles. The van der Waals surface area contributed by atoms with Gasteiger partial charge in [-0.05, 0) is 18.2 Å². The van der Waals surface area contributed by atoms with Crippen molar-refractivity contribution in [2.45, 2.75) is 0 Å². The molecule has 1 aromatic carbocycles. The first-order chi connectivity index (χ1) is 11.0. The number of anilines is 1. The molecule has 0 aliphatic heterocycles. The SMILES string of the molecule is COc1cc(/C=N/Nc2nc(Cl)c(Cl)cc2Cl)cc(OC)c1O. The number of aromatic hydroxyl groups is 1. The Morgan fingerprint density at radius 2 is 1.70 bits per heavy atom. The van der Waals surface area contributed by atoms with Crippen molar-refractivity contribution in [2.24, 2.45) is 5.10 Å². The van der Waals surface area contributed by atoms with Crippen LogP contribution in [0.2, 0.25) is 15.2 Å². The number of phenolic OH excluding ortho intramolecular Hbond substituents is 1. The minimum Gasteiger partial charge on any atom is -0.502 e. The molecule has 6 nitrogen and oxygen atoms in total. The van der Waals surface area contributed by atoms with Gasteiger partial charge in [-0.3, -0.25) is 5.43 Å². The van der Waals surface area contributed by atoms with Gasteiger partial charge >= 0.3 is 0 Å². The summed E-state index contributed by atoms with van der Waals surface area (Å²) >= 11 is 17.6. The molecule has 2 N–H and O–H groups in total. The van der Waals surface area contributed by atoms with Crippen LogP contribution in [-0.4, -0.2) is 30.5 Å². The van der Waals surface area contributed by atoms with Gasteiger partial charge in [-0.15, -0.1) is 0 Å². The van der Waals surface area contributed by atoms with Crippen molar-refractivity contribution < 1.29 is 14.6 Å². The van der Waals surface area contributed by atoms with E-state index in [2.05, 4.69) is 15.5 Å². The zero-order valence-corrected chi connectivity index (χ0v) is 14.4. The highest BCUT2D eigenvalue weighted by molar-refractivity contribution is 6.42. The number of rotatable bonds is 5. The summed E-state index contributed by atoms with van der Waals surface area (Å²) in [5, 5.41) is 14.5. The van der Waals surface area contributed by atoms with E-state index in [1.54, 1.807) is 12.1 Å². The average molecular weight is 377 g/mol. The Morgan fingerprint density at radius 3 is 2.26 bits per heavy atom. The van der Waals surface area contributed by atoms with Crippen molar-refractivity contribution in [3.05, 3.63) is 39.0 Å². The van der Waals surface area contributed by atoms with Crippen molar-refractivity contribution in [2.75, 3.05) is 19.6 Å². The summed E-state index contributed by atoms with van der Waals surface area (Å²) in [6, 6.07) is 4.64. The van der Waals surface area contributed by atoms with Gasteiger partial charge in [0.05, 0.1) is 30.5 Å². The van der Waals surface area contributed by atoms with Crippen LogP contribution in [0.15, 0.2) is 23.3 Å². The molecule has 2 aromatic rings. The van der Waals surface area contributed by atoms with Gasteiger partial charge in [0.2, 0.25) is 5.75 Å². The topological polar surface area (TPSA) is 76.0 Å². The second-order valence-electron chi connectivity index (χ2n) is 4.24. The number of pyridine rings is 1. The summed E-state index contributed by atoms with van der Waals surface area (Å²) in [5.74, 6) is 0.692. The summed E-state index contributed by atoms with van der Waals surface area (Å²) in [7, 11) is 2.88. The molecule has 1 aromatic heterocycles. The van der Waals surface area contributed by atoms with Crippen LogP contribution in [0.1, 0.15) is 5.56 Å². The lowest BCUT2D eigenvalue weighted by Gasteiger charge is -2.09. The first kappa shape index (κ1) is 17.5. The standard InChI is InChI=1S/C14H12Cl3N3O3/c1-22-10-3-7(4-11(23-2)12(10)21)6-18-20-14-9(16)5-8(15)13(17)19-14/h3-6,21H,1-2H3,(H,19,20)/b18-6+. The van der Waals surface area contributed by atoms with Crippen molar-refractivity contribution in [1.29, 1.82) is 0 Å².